The summed E-state index contributed by atoms with van der Waals surface area (Å²) >= 11 is 0. The molecule has 6 heteroatoms. The van der Waals surface area contributed by atoms with E-state index < -0.39 is 11.9 Å². The zero-order valence-electron chi connectivity index (χ0n) is 10.1. The first-order chi connectivity index (χ1) is 9.58. The van der Waals surface area contributed by atoms with E-state index in [1.54, 1.807) is 6.07 Å². The van der Waals surface area contributed by atoms with Crippen molar-refractivity contribution in [2.24, 2.45) is 0 Å². The van der Waals surface area contributed by atoms with Crippen molar-refractivity contribution in [1.82, 2.24) is 0 Å². The predicted octanol–water partition coefficient (Wildman–Crippen LogP) is 1.82. The van der Waals surface area contributed by atoms with Crippen LogP contribution in [0.4, 0.5) is 0 Å². The summed E-state index contributed by atoms with van der Waals surface area (Å²) in [6.07, 6.45) is 0. The summed E-state index contributed by atoms with van der Waals surface area (Å²) in [5, 5.41) is 19.7. The van der Waals surface area contributed by atoms with Gasteiger partial charge >= 0.3 is 11.9 Å². The highest BCUT2D eigenvalue weighted by atomic mass is 31.1. The molecular formula is C14H9O5P. The minimum Gasteiger partial charge on any atom is -0.478 e. The fraction of sp³-hybridized carbons (Fsp3) is 0. The van der Waals surface area contributed by atoms with E-state index in [-0.39, 0.29) is 19.7 Å². The molecule has 3 rings (SSSR count). The maximum absolute atomic E-state index is 11.4. The molecule has 1 unspecified atom stereocenters. The van der Waals surface area contributed by atoms with Crippen LogP contribution >= 0.6 is 8.58 Å². The molecule has 1 aliphatic heterocycles. The van der Waals surface area contributed by atoms with Crippen LogP contribution in [0.1, 0.15) is 20.7 Å². The lowest BCUT2D eigenvalue weighted by molar-refractivity contribution is 0.0652. The summed E-state index contributed by atoms with van der Waals surface area (Å²) in [5.41, 5.74) is -0.408. The number of carboxylic acids is 2. The Morgan fingerprint density at radius 1 is 0.950 bits per heavy atom. The molecule has 0 aromatic heterocycles. The van der Waals surface area contributed by atoms with Crippen molar-refractivity contribution in [2.75, 3.05) is 0 Å². The number of aromatic carboxylic acids is 2. The van der Waals surface area contributed by atoms with E-state index in [0.717, 1.165) is 5.30 Å². The van der Waals surface area contributed by atoms with Crippen LogP contribution in [0.2, 0.25) is 0 Å². The van der Waals surface area contributed by atoms with E-state index in [9.17, 15) is 14.7 Å². The second kappa shape index (κ2) is 4.62. The van der Waals surface area contributed by atoms with Gasteiger partial charge in [0.2, 0.25) is 0 Å². The second-order valence-corrected chi connectivity index (χ2v) is 5.48. The van der Waals surface area contributed by atoms with Crippen molar-refractivity contribution in [3.8, 4) is 11.5 Å². The normalized spacial score (nSPS) is 13.2. The van der Waals surface area contributed by atoms with Gasteiger partial charge in [0, 0.05) is 10.6 Å². The smallest absolute Gasteiger partial charge is 0.337 e. The molecule has 1 atom stereocenters. The first-order valence-electron chi connectivity index (χ1n) is 5.75. The average molecular weight is 288 g/mol. The van der Waals surface area contributed by atoms with E-state index in [1.807, 2.05) is 18.2 Å². The fourth-order valence-electron chi connectivity index (χ4n) is 2.11. The van der Waals surface area contributed by atoms with E-state index >= 15 is 0 Å². The number of rotatable bonds is 2. The van der Waals surface area contributed by atoms with Gasteiger partial charge in [-0.1, -0.05) is 18.2 Å². The van der Waals surface area contributed by atoms with E-state index in [2.05, 4.69) is 0 Å². The largest absolute Gasteiger partial charge is 0.478 e. The van der Waals surface area contributed by atoms with Crippen LogP contribution in [-0.4, -0.2) is 22.2 Å². The molecule has 0 bridgehead atoms. The van der Waals surface area contributed by atoms with Crippen LogP contribution < -0.4 is 15.3 Å². The Kier molecular flexibility index (Phi) is 2.92. The van der Waals surface area contributed by atoms with Crippen molar-refractivity contribution >= 4 is 31.1 Å². The molecule has 0 fully saturated rings. The Balaban J connectivity index is 2.21. The summed E-state index contributed by atoms with van der Waals surface area (Å²) in [6.45, 7) is 0. The lowest BCUT2D eigenvalue weighted by atomic mass is 10.1. The molecule has 0 amide bonds. The molecule has 0 spiro atoms. The van der Waals surface area contributed by atoms with Gasteiger partial charge in [0.15, 0.2) is 0 Å². The van der Waals surface area contributed by atoms with Crippen molar-refractivity contribution in [3.05, 3.63) is 47.5 Å². The molecule has 0 saturated heterocycles. The molecule has 100 valence electrons. The first-order valence-corrected chi connectivity index (χ1v) is 6.75. The van der Waals surface area contributed by atoms with Crippen LogP contribution in [0.15, 0.2) is 36.4 Å². The standard InChI is InChI=1S/C14H9O5P/c15-13(16)7-5-6-9-12(11(7)14(17)18)20-10-4-2-1-3-8(10)19-9/h1-6,20H,(H,15,16)(H,17,18). The number of ether oxygens (including phenoxy) is 1. The van der Waals surface area contributed by atoms with Crippen LogP contribution in [0.25, 0.3) is 0 Å². The molecule has 1 aliphatic rings. The quantitative estimate of drug-likeness (QED) is 0.703. The van der Waals surface area contributed by atoms with Crippen LogP contribution in [0.5, 0.6) is 11.5 Å². The Labute approximate surface area is 115 Å². The molecule has 20 heavy (non-hydrogen) atoms. The predicted molar refractivity (Wildman–Crippen MR) is 74.5 cm³/mol. The number of fused-ring (bicyclic) bond motifs is 2. The second-order valence-electron chi connectivity index (χ2n) is 4.19. The van der Waals surface area contributed by atoms with E-state index in [1.165, 1.54) is 12.1 Å². The molecule has 1 heterocycles. The molecule has 2 N–H and O–H groups in total. The molecule has 2 aromatic carbocycles. The summed E-state index contributed by atoms with van der Waals surface area (Å²) < 4.78 is 5.65. The summed E-state index contributed by atoms with van der Waals surface area (Å²) in [7, 11) is 0.0554. The highest BCUT2D eigenvalue weighted by Gasteiger charge is 2.27. The molecule has 5 nitrogen and oxygen atoms in total. The van der Waals surface area contributed by atoms with Gasteiger partial charge in [-0.05, 0) is 26.8 Å². The average Bonchev–Trinajstić information content (AvgIpc) is 2.43. The van der Waals surface area contributed by atoms with Gasteiger partial charge in [0.1, 0.15) is 11.5 Å². The summed E-state index contributed by atoms with van der Waals surface area (Å²) in [4.78, 5) is 22.6. The molecule has 0 saturated carbocycles. The van der Waals surface area contributed by atoms with Crippen molar-refractivity contribution < 1.29 is 24.5 Å². The lowest BCUT2D eigenvalue weighted by Crippen LogP contribution is -2.24. The Hall–Kier alpha value is -2.39. The summed E-state index contributed by atoms with van der Waals surface area (Å²) in [6, 6.07) is 10.1. The third-order valence-corrected chi connectivity index (χ3v) is 4.41. The van der Waals surface area contributed by atoms with Crippen molar-refractivity contribution in [1.29, 1.82) is 0 Å². The number of hydrogen-bond donors (Lipinski definition) is 2. The van der Waals surface area contributed by atoms with Crippen LogP contribution in [-0.2, 0) is 0 Å². The van der Waals surface area contributed by atoms with Crippen molar-refractivity contribution in [3.63, 3.8) is 0 Å². The van der Waals surface area contributed by atoms with Gasteiger partial charge < -0.3 is 14.9 Å². The Morgan fingerprint density at radius 2 is 1.70 bits per heavy atom. The number of carbonyl (C=O) groups is 2. The monoisotopic (exact) mass is 288 g/mol. The number of carboxylic acid groups (broad SMARTS) is 2. The maximum atomic E-state index is 11.4. The summed E-state index contributed by atoms with van der Waals surface area (Å²) in [5.74, 6) is -1.43. The number of benzene rings is 2. The first kappa shape index (κ1) is 12.6. The van der Waals surface area contributed by atoms with Gasteiger partial charge in [0.05, 0.1) is 11.1 Å². The third kappa shape index (κ3) is 1.92. The number of para-hydroxylation sites is 1. The topological polar surface area (TPSA) is 83.8 Å². The third-order valence-electron chi connectivity index (χ3n) is 2.98. The highest BCUT2D eigenvalue weighted by Crippen LogP contribution is 2.35. The fourth-order valence-corrected chi connectivity index (χ4v) is 3.44. The zero-order chi connectivity index (χ0) is 14.3. The Morgan fingerprint density at radius 3 is 2.40 bits per heavy atom. The maximum Gasteiger partial charge on any atom is 0.337 e. The van der Waals surface area contributed by atoms with Gasteiger partial charge in [-0.2, -0.15) is 0 Å². The highest BCUT2D eigenvalue weighted by molar-refractivity contribution is 7.56. The van der Waals surface area contributed by atoms with Gasteiger partial charge in [0.25, 0.3) is 0 Å². The van der Waals surface area contributed by atoms with E-state index in [0.29, 0.717) is 16.8 Å². The van der Waals surface area contributed by atoms with E-state index in [4.69, 9.17) is 9.84 Å². The molecule has 2 aromatic rings. The SMILES string of the molecule is O=C(O)c1ccc2c(c1C(=O)O)Pc1ccccc1O2. The zero-order valence-corrected chi connectivity index (χ0v) is 11.1. The molecular weight excluding hydrogens is 279 g/mol. The van der Waals surface area contributed by atoms with Crippen molar-refractivity contribution in [2.45, 2.75) is 0 Å². The van der Waals surface area contributed by atoms with Crippen LogP contribution in [0.3, 0.4) is 0 Å². The minimum atomic E-state index is -1.26. The van der Waals surface area contributed by atoms with Gasteiger partial charge in [-0.15, -0.1) is 0 Å². The molecule has 0 aliphatic carbocycles. The van der Waals surface area contributed by atoms with Gasteiger partial charge in [-0.3, -0.25) is 0 Å². The minimum absolute atomic E-state index is 0.0554. The van der Waals surface area contributed by atoms with Crippen LogP contribution in [0, 0.1) is 0 Å². The Bertz CT molecular complexity index is 738. The van der Waals surface area contributed by atoms with Gasteiger partial charge in [-0.25, -0.2) is 9.59 Å². The lowest BCUT2D eigenvalue weighted by Gasteiger charge is -2.22. The number of hydrogen-bond acceptors (Lipinski definition) is 3. The molecule has 0 radical (unpaired) electrons.